The van der Waals surface area contributed by atoms with E-state index in [9.17, 15) is 0 Å². The van der Waals surface area contributed by atoms with Crippen LogP contribution in [0.5, 0.6) is 5.88 Å². The zero-order chi connectivity index (χ0) is 22.5. The van der Waals surface area contributed by atoms with Crippen LogP contribution < -0.4 is 4.74 Å². The van der Waals surface area contributed by atoms with E-state index in [-0.39, 0.29) is 0 Å². The number of methoxy groups -OCH3 is 1. The summed E-state index contributed by atoms with van der Waals surface area (Å²) >= 11 is 8.53. The third kappa shape index (κ3) is 3.92. The van der Waals surface area contributed by atoms with Gasteiger partial charge in [0.15, 0.2) is 0 Å². The molecule has 0 amide bonds. The third-order valence-corrected chi connectivity index (χ3v) is 8.37. The number of ether oxygens (including phenoxy) is 1. The maximum atomic E-state index is 6.79. The molecule has 6 nitrogen and oxygen atoms in total. The highest BCUT2D eigenvalue weighted by Crippen LogP contribution is 2.48. The summed E-state index contributed by atoms with van der Waals surface area (Å²) < 4.78 is 5.30. The van der Waals surface area contributed by atoms with Crippen molar-refractivity contribution in [1.82, 2.24) is 25.1 Å². The second kappa shape index (κ2) is 8.38. The maximum Gasteiger partial charge on any atom is 0.213 e. The van der Waals surface area contributed by atoms with Crippen LogP contribution in [0.3, 0.4) is 0 Å². The number of benzene rings is 1. The molecular weight excluding hydrogens is 454 g/mol. The van der Waals surface area contributed by atoms with Gasteiger partial charge in [0.1, 0.15) is 5.69 Å². The lowest BCUT2D eigenvalue weighted by molar-refractivity contribution is 0.296. The zero-order valence-corrected chi connectivity index (χ0v) is 20.3. The lowest BCUT2D eigenvalue weighted by Crippen LogP contribution is -2.22. The fourth-order valence-electron chi connectivity index (χ4n) is 5.75. The van der Waals surface area contributed by atoms with Gasteiger partial charge in [-0.15, -0.1) is 11.3 Å². The summed E-state index contributed by atoms with van der Waals surface area (Å²) in [5, 5.41) is 13.0. The van der Waals surface area contributed by atoms with Gasteiger partial charge in [-0.2, -0.15) is 5.10 Å². The summed E-state index contributed by atoms with van der Waals surface area (Å²) in [5.74, 6) is 2.54. The predicted octanol–water partition coefficient (Wildman–Crippen LogP) is 5.68. The number of pyridine rings is 1. The van der Waals surface area contributed by atoms with Crippen molar-refractivity contribution in [1.29, 1.82) is 0 Å². The van der Waals surface area contributed by atoms with Gasteiger partial charge < -0.3 is 4.74 Å². The molecule has 1 N–H and O–H groups in total. The van der Waals surface area contributed by atoms with E-state index in [2.05, 4.69) is 43.4 Å². The highest BCUT2D eigenvalue weighted by molar-refractivity contribution is 7.09. The first kappa shape index (κ1) is 21.1. The van der Waals surface area contributed by atoms with Gasteiger partial charge in [0, 0.05) is 53.2 Å². The minimum Gasteiger partial charge on any atom is -0.481 e. The Hall–Kier alpha value is -2.48. The fraction of sp³-hybridized carbons (Fsp3) is 0.400. The lowest BCUT2D eigenvalue weighted by Gasteiger charge is -2.19. The number of fused-ring (bicyclic) bond motifs is 2. The second-order valence-corrected chi connectivity index (χ2v) is 10.8. The first-order valence-electron chi connectivity index (χ1n) is 11.4. The molecule has 8 heteroatoms. The van der Waals surface area contributed by atoms with E-state index < -0.39 is 0 Å². The number of thiazole rings is 1. The summed E-state index contributed by atoms with van der Waals surface area (Å²) in [4.78, 5) is 11.4. The van der Waals surface area contributed by atoms with Crippen LogP contribution in [0.2, 0.25) is 5.02 Å². The van der Waals surface area contributed by atoms with Crippen molar-refractivity contribution >= 4 is 33.8 Å². The summed E-state index contributed by atoms with van der Waals surface area (Å²) in [6, 6.07) is 8.17. The van der Waals surface area contributed by atoms with Crippen molar-refractivity contribution in [3.63, 3.8) is 0 Å². The molecule has 1 aliphatic carbocycles. The molecule has 4 aromatic rings. The molecule has 1 unspecified atom stereocenters. The summed E-state index contributed by atoms with van der Waals surface area (Å²) in [6.07, 6.45) is 4.14. The Morgan fingerprint density at radius 1 is 1.21 bits per heavy atom. The minimum atomic E-state index is 0.496. The van der Waals surface area contributed by atoms with Crippen LogP contribution in [0.1, 0.15) is 35.0 Å². The van der Waals surface area contributed by atoms with Gasteiger partial charge in [0.2, 0.25) is 5.88 Å². The quantitative estimate of drug-likeness (QED) is 0.399. The number of aryl methyl sites for hydroxylation is 1. The number of nitrogens with one attached hydrogen (secondary N) is 1. The Bertz CT molecular complexity index is 1300. The number of halogens is 1. The molecule has 0 radical (unpaired) electrons. The molecule has 0 bridgehead atoms. The molecule has 2 aliphatic rings. The molecule has 1 aliphatic heterocycles. The van der Waals surface area contributed by atoms with Crippen molar-refractivity contribution < 1.29 is 4.74 Å². The van der Waals surface area contributed by atoms with Crippen molar-refractivity contribution in [2.24, 2.45) is 11.8 Å². The molecule has 6 rings (SSSR count). The van der Waals surface area contributed by atoms with Gasteiger partial charge in [-0.05, 0) is 61.3 Å². The molecular formula is C25H26ClN5OS. The average Bonchev–Trinajstić information content (AvgIpc) is 3.57. The lowest BCUT2D eigenvalue weighted by atomic mass is 9.93. The smallest absolute Gasteiger partial charge is 0.213 e. The number of nitrogens with zero attached hydrogens (tertiary/aromatic N) is 4. The molecule has 0 spiro atoms. The van der Waals surface area contributed by atoms with Gasteiger partial charge >= 0.3 is 0 Å². The van der Waals surface area contributed by atoms with Crippen LogP contribution in [-0.2, 0) is 6.54 Å². The number of likely N-dealkylation sites (tertiary alicyclic amines) is 1. The summed E-state index contributed by atoms with van der Waals surface area (Å²) in [5.41, 5.74) is 5.31. The van der Waals surface area contributed by atoms with Gasteiger partial charge in [-0.25, -0.2) is 9.97 Å². The van der Waals surface area contributed by atoms with E-state index in [1.165, 1.54) is 24.1 Å². The molecule has 33 heavy (non-hydrogen) atoms. The van der Waals surface area contributed by atoms with Crippen LogP contribution in [-0.4, -0.2) is 45.3 Å². The Labute approximate surface area is 202 Å². The van der Waals surface area contributed by atoms with Gasteiger partial charge in [-0.1, -0.05) is 11.6 Å². The second-order valence-electron chi connectivity index (χ2n) is 9.32. The third-order valence-electron chi connectivity index (χ3n) is 7.22. The van der Waals surface area contributed by atoms with Crippen LogP contribution in [0.25, 0.3) is 22.2 Å². The van der Waals surface area contributed by atoms with Gasteiger partial charge in [-0.3, -0.25) is 10.00 Å². The Balaban J connectivity index is 1.23. The van der Waals surface area contributed by atoms with Crippen molar-refractivity contribution in [3.8, 4) is 17.1 Å². The summed E-state index contributed by atoms with van der Waals surface area (Å²) in [7, 11) is 1.63. The van der Waals surface area contributed by atoms with Crippen molar-refractivity contribution in [2.75, 3.05) is 20.2 Å². The Morgan fingerprint density at radius 2 is 2.03 bits per heavy atom. The van der Waals surface area contributed by atoms with Crippen molar-refractivity contribution in [2.45, 2.75) is 32.2 Å². The molecule has 1 saturated heterocycles. The molecule has 1 aromatic carbocycles. The first-order valence-corrected chi connectivity index (χ1v) is 12.6. The van der Waals surface area contributed by atoms with Crippen LogP contribution in [0.15, 0.2) is 35.8 Å². The number of aromatic nitrogens is 4. The van der Waals surface area contributed by atoms with Crippen LogP contribution in [0, 0.1) is 18.8 Å². The standard InChI is InChI=1S/C25H26ClN5OS/c1-14-28-19(13-33-14)12-31-10-17-5-16(6-18(17)11-31)20-8-21-23(9-22(20)26)29-30-25(21)15-3-4-27-24(7-15)32-2/h3-4,7-9,13,16-18H,5-6,10-12H2,1-2H3,(H,29,30)/t16?,17-,18+. The fourth-order valence-corrected chi connectivity index (χ4v) is 6.67. The molecule has 1 saturated carbocycles. The monoisotopic (exact) mass is 479 g/mol. The molecule has 170 valence electrons. The zero-order valence-electron chi connectivity index (χ0n) is 18.7. The first-order chi connectivity index (χ1) is 16.1. The van der Waals surface area contributed by atoms with E-state index >= 15 is 0 Å². The van der Waals surface area contributed by atoms with Gasteiger partial charge in [0.05, 0.1) is 23.3 Å². The van der Waals surface area contributed by atoms with E-state index in [1.807, 2.05) is 18.2 Å². The normalized spacial score (nSPS) is 22.8. The molecule has 3 atom stereocenters. The van der Waals surface area contributed by atoms with E-state index in [4.69, 9.17) is 16.3 Å². The van der Waals surface area contributed by atoms with E-state index in [0.717, 1.165) is 63.7 Å². The topological polar surface area (TPSA) is 66.9 Å². The number of hydrogen-bond donors (Lipinski definition) is 1. The largest absolute Gasteiger partial charge is 0.481 e. The van der Waals surface area contributed by atoms with Crippen molar-refractivity contribution in [3.05, 3.63) is 57.1 Å². The SMILES string of the molecule is COc1cc(-c2n[nH]c3cc(Cl)c(C4C[C@@H]5CN(Cc6csc(C)n6)C[C@@H]5C4)cc23)ccn1. The highest BCUT2D eigenvalue weighted by Gasteiger charge is 2.41. The number of hydrogen-bond acceptors (Lipinski definition) is 6. The highest BCUT2D eigenvalue weighted by atomic mass is 35.5. The molecule has 2 fully saturated rings. The van der Waals surface area contributed by atoms with Crippen LogP contribution in [0.4, 0.5) is 0 Å². The Morgan fingerprint density at radius 3 is 2.76 bits per heavy atom. The molecule has 3 aromatic heterocycles. The number of H-pyrrole nitrogens is 1. The van der Waals surface area contributed by atoms with Gasteiger partial charge in [0.25, 0.3) is 0 Å². The van der Waals surface area contributed by atoms with Crippen LogP contribution >= 0.6 is 22.9 Å². The van der Waals surface area contributed by atoms with E-state index in [1.54, 1.807) is 24.6 Å². The number of rotatable bonds is 5. The molecule has 4 heterocycles. The average molecular weight is 480 g/mol. The number of aromatic amines is 1. The van der Waals surface area contributed by atoms with E-state index in [0.29, 0.717) is 11.8 Å². The Kier molecular flexibility index (Phi) is 5.35. The minimum absolute atomic E-state index is 0.496. The maximum absolute atomic E-state index is 6.79. The predicted molar refractivity (Wildman–Crippen MR) is 132 cm³/mol. The summed E-state index contributed by atoms with van der Waals surface area (Å²) in [6.45, 7) is 5.37.